The molecule has 156 valence electrons. The van der Waals surface area contributed by atoms with E-state index in [-0.39, 0.29) is 17.5 Å². The zero-order valence-corrected chi connectivity index (χ0v) is 17.6. The Morgan fingerprint density at radius 3 is 2.62 bits per heavy atom. The van der Waals surface area contributed by atoms with Gasteiger partial charge in [-0.05, 0) is 91.8 Å². The van der Waals surface area contributed by atoms with Gasteiger partial charge in [-0.1, -0.05) is 38.0 Å². The predicted octanol–water partition coefficient (Wildman–Crippen LogP) is 7.78. The third-order valence-electron chi connectivity index (χ3n) is 7.35. The molecule has 0 heterocycles. The van der Waals surface area contributed by atoms with Crippen molar-refractivity contribution in [3.63, 3.8) is 0 Å². The van der Waals surface area contributed by atoms with Crippen molar-refractivity contribution in [2.75, 3.05) is 6.61 Å². The van der Waals surface area contributed by atoms with E-state index in [0.29, 0.717) is 12.0 Å². The molecule has 4 unspecified atom stereocenters. The van der Waals surface area contributed by atoms with E-state index < -0.39 is 5.82 Å². The first-order valence-corrected chi connectivity index (χ1v) is 11.3. The van der Waals surface area contributed by atoms with Gasteiger partial charge < -0.3 is 4.74 Å². The molecule has 0 radical (unpaired) electrons. The Labute approximate surface area is 173 Å². The highest BCUT2D eigenvalue weighted by Gasteiger charge is 2.36. The maximum Gasteiger partial charge on any atom is 0.172 e. The average molecular weight is 399 g/mol. The lowest BCUT2D eigenvalue weighted by atomic mass is 9.63. The molecule has 2 saturated carbocycles. The zero-order chi connectivity index (χ0) is 20.4. The summed E-state index contributed by atoms with van der Waals surface area (Å²) in [4.78, 5) is 0. The van der Waals surface area contributed by atoms with Crippen LogP contribution in [0.3, 0.4) is 0 Å². The van der Waals surface area contributed by atoms with Crippen molar-refractivity contribution in [1.82, 2.24) is 0 Å². The molecule has 4 rings (SSSR count). The second-order valence-electron chi connectivity index (χ2n) is 8.97. The Kier molecular flexibility index (Phi) is 6.22. The van der Waals surface area contributed by atoms with Gasteiger partial charge in [0.1, 0.15) is 12.4 Å². The van der Waals surface area contributed by atoms with Crippen molar-refractivity contribution in [2.45, 2.75) is 64.7 Å². The first-order chi connectivity index (χ1) is 14.1. The molecule has 2 aliphatic rings. The van der Waals surface area contributed by atoms with Crippen LogP contribution in [0.2, 0.25) is 0 Å². The summed E-state index contributed by atoms with van der Waals surface area (Å²) >= 11 is 0. The average Bonchev–Trinajstić information content (AvgIpc) is 2.75. The van der Waals surface area contributed by atoms with E-state index in [0.717, 1.165) is 41.5 Å². The quantitative estimate of drug-likeness (QED) is 0.467. The van der Waals surface area contributed by atoms with Gasteiger partial charge in [-0.3, -0.25) is 0 Å². The molecule has 0 amide bonds. The molecular formula is C26H32F2O. The van der Waals surface area contributed by atoms with Crippen LogP contribution < -0.4 is 4.74 Å². The summed E-state index contributed by atoms with van der Waals surface area (Å²) in [7, 11) is 0. The zero-order valence-electron chi connectivity index (χ0n) is 17.6. The lowest BCUT2D eigenvalue weighted by Crippen LogP contribution is -2.30. The maximum absolute atomic E-state index is 15.0. The van der Waals surface area contributed by atoms with Gasteiger partial charge in [-0.15, -0.1) is 0 Å². The predicted molar refractivity (Wildman–Crippen MR) is 115 cm³/mol. The van der Waals surface area contributed by atoms with E-state index in [1.807, 2.05) is 31.2 Å². The summed E-state index contributed by atoms with van der Waals surface area (Å²) in [5.41, 5.74) is 0.774. The molecule has 0 aliphatic heterocycles. The van der Waals surface area contributed by atoms with Crippen molar-refractivity contribution in [3.8, 4) is 5.75 Å². The maximum atomic E-state index is 15.0. The third kappa shape index (κ3) is 4.20. The minimum atomic E-state index is -0.473. The summed E-state index contributed by atoms with van der Waals surface area (Å²) < 4.78 is 35.3. The Bertz CT molecular complexity index is 888. The van der Waals surface area contributed by atoms with E-state index in [1.54, 1.807) is 6.07 Å². The first kappa shape index (κ1) is 20.4. The summed E-state index contributed by atoms with van der Waals surface area (Å²) in [6.45, 7) is 4.50. The molecule has 2 fully saturated rings. The van der Waals surface area contributed by atoms with Crippen LogP contribution in [0.25, 0.3) is 10.8 Å². The van der Waals surface area contributed by atoms with Gasteiger partial charge >= 0.3 is 0 Å². The number of ether oxygens (including phenoxy) is 1. The fraction of sp³-hybridized carbons (Fsp3) is 0.538. The minimum absolute atomic E-state index is 0.177. The largest absolute Gasteiger partial charge is 0.486 e. The van der Waals surface area contributed by atoms with E-state index in [1.165, 1.54) is 38.2 Å². The van der Waals surface area contributed by atoms with Crippen LogP contribution in [0.5, 0.6) is 5.75 Å². The van der Waals surface area contributed by atoms with Crippen molar-refractivity contribution in [3.05, 3.63) is 53.6 Å². The van der Waals surface area contributed by atoms with Crippen molar-refractivity contribution < 1.29 is 13.5 Å². The van der Waals surface area contributed by atoms with Crippen LogP contribution in [0.1, 0.15) is 70.3 Å². The highest BCUT2D eigenvalue weighted by molar-refractivity contribution is 5.85. The second-order valence-corrected chi connectivity index (χ2v) is 8.97. The van der Waals surface area contributed by atoms with E-state index in [9.17, 15) is 4.39 Å². The Balaban J connectivity index is 1.55. The summed E-state index contributed by atoms with van der Waals surface area (Å²) in [6, 6.07) is 6.77. The van der Waals surface area contributed by atoms with Gasteiger partial charge in [0.25, 0.3) is 0 Å². The topological polar surface area (TPSA) is 9.23 Å². The molecule has 0 bridgehead atoms. The van der Waals surface area contributed by atoms with Crippen molar-refractivity contribution >= 4 is 10.8 Å². The van der Waals surface area contributed by atoms with Gasteiger partial charge in [-0.2, -0.15) is 0 Å². The molecule has 0 N–H and O–H groups in total. The van der Waals surface area contributed by atoms with Gasteiger partial charge in [-0.25, -0.2) is 8.78 Å². The highest BCUT2D eigenvalue weighted by atomic mass is 19.1. The normalized spacial score (nSPS) is 27.3. The van der Waals surface area contributed by atoms with Crippen LogP contribution >= 0.6 is 0 Å². The molecule has 0 spiro atoms. The van der Waals surface area contributed by atoms with Crippen molar-refractivity contribution in [1.29, 1.82) is 0 Å². The Morgan fingerprint density at radius 1 is 1.03 bits per heavy atom. The van der Waals surface area contributed by atoms with Gasteiger partial charge in [0.15, 0.2) is 11.6 Å². The Hall–Kier alpha value is -1.90. The lowest BCUT2D eigenvalue weighted by Gasteiger charge is -2.42. The SMILES string of the molecule is C/C=C/COc1ccc2cc(C3CCC4CC(CC)CCC4C3)c(F)cc2c1F. The number of rotatable bonds is 5. The van der Waals surface area contributed by atoms with Crippen LogP contribution in [-0.2, 0) is 0 Å². The van der Waals surface area contributed by atoms with Gasteiger partial charge in [0.2, 0.25) is 0 Å². The molecule has 29 heavy (non-hydrogen) atoms. The smallest absolute Gasteiger partial charge is 0.172 e. The summed E-state index contributed by atoms with van der Waals surface area (Å²) in [5.74, 6) is 2.13. The standard InChI is InChI=1S/C26H32F2O/c1-3-5-12-29-25-11-10-21-15-22(24(27)16-23(21)26(25)28)20-9-8-18-13-17(4-2)6-7-19(18)14-20/h3,5,10-11,15-20H,4,6-9,12-14H2,1-2H3/b5-3+. The van der Waals surface area contributed by atoms with E-state index in [2.05, 4.69) is 6.92 Å². The van der Waals surface area contributed by atoms with E-state index >= 15 is 4.39 Å². The monoisotopic (exact) mass is 398 g/mol. The molecular weight excluding hydrogens is 366 g/mol. The first-order valence-electron chi connectivity index (χ1n) is 11.3. The van der Waals surface area contributed by atoms with Crippen LogP contribution in [0.15, 0.2) is 36.4 Å². The minimum Gasteiger partial charge on any atom is -0.486 e. The number of halogens is 2. The molecule has 3 heteroatoms. The van der Waals surface area contributed by atoms with Crippen LogP contribution in [0.4, 0.5) is 8.78 Å². The number of fused-ring (bicyclic) bond motifs is 2. The van der Waals surface area contributed by atoms with Crippen LogP contribution in [0, 0.1) is 29.4 Å². The highest BCUT2D eigenvalue weighted by Crippen LogP contribution is 2.48. The molecule has 2 aromatic rings. The number of benzene rings is 2. The second kappa shape index (κ2) is 8.85. The molecule has 0 saturated heterocycles. The molecule has 0 aromatic heterocycles. The van der Waals surface area contributed by atoms with Gasteiger partial charge in [0.05, 0.1) is 0 Å². The van der Waals surface area contributed by atoms with Gasteiger partial charge in [0, 0.05) is 5.39 Å². The number of hydrogen-bond donors (Lipinski definition) is 0. The number of allylic oxidation sites excluding steroid dienone is 1. The third-order valence-corrected chi connectivity index (χ3v) is 7.35. The lowest BCUT2D eigenvalue weighted by molar-refractivity contribution is 0.115. The summed E-state index contributed by atoms with van der Waals surface area (Å²) in [6.07, 6.45) is 12.3. The molecule has 1 nitrogen and oxygen atoms in total. The van der Waals surface area contributed by atoms with Crippen LogP contribution in [-0.4, -0.2) is 6.61 Å². The van der Waals surface area contributed by atoms with E-state index in [4.69, 9.17) is 4.74 Å². The fourth-order valence-electron chi connectivity index (χ4n) is 5.61. The summed E-state index contributed by atoms with van der Waals surface area (Å²) in [5, 5.41) is 1.07. The molecule has 2 aromatic carbocycles. The fourth-order valence-corrected chi connectivity index (χ4v) is 5.61. The molecule has 4 atom stereocenters. The molecule has 2 aliphatic carbocycles. The Morgan fingerprint density at radius 2 is 1.83 bits per heavy atom. The number of hydrogen-bond acceptors (Lipinski definition) is 1. The van der Waals surface area contributed by atoms with Crippen molar-refractivity contribution in [2.24, 2.45) is 17.8 Å².